The molecule has 0 fully saturated rings. The Balaban J connectivity index is 1.72. The van der Waals surface area contributed by atoms with Crippen molar-refractivity contribution in [3.8, 4) is 5.75 Å². The maximum Gasteiger partial charge on any atom is 0.125 e. The highest BCUT2D eigenvalue weighted by atomic mass is 16.5. The number of aryl methyl sites for hydroxylation is 1. The van der Waals surface area contributed by atoms with Gasteiger partial charge in [-0.05, 0) is 42.7 Å². The molecule has 94 valence electrons. The molecule has 0 saturated heterocycles. The van der Waals surface area contributed by atoms with Crippen molar-refractivity contribution in [3.63, 3.8) is 0 Å². The summed E-state index contributed by atoms with van der Waals surface area (Å²) >= 11 is 0. The number of ether oxygens (including phenoxy) is 1. The number of methoxy groups -OCH3 is 1. The van der Waals surface area contributed by atoms with E-state index in [1.54, 1.807) is 13.3 Å². The predicted molar refractivity (Wildman–Crippen MR) is 74.0 cm³/mol. The molecule has 2 aromatic rings. The molecule has 3 heteroatoms. The maximum atomic E-state index is 5.13. The van der Waals surface area contributed by atoms with E-state index in [9.17, 15) is 0 Å². The fraction of sp³-hybridized carbons (Fsp3) is 0.267. The number of nitrogens with one attached hydrogen (secondary N) is 1. The molecule has 1 aromatic heterocycles. The fourth-order valence-electron chi connectivity index (χ4n) is 1.77. The second-order valence-electron chi connectivity index (χ2n) is 4.09. The normalized spacial score (nSPS) is 10.1. The molecule has 0 aliphatic rings. The van der Waals surface area contributed by atoms with Gasteiger partial charge in [-0.1, -0.05) is 18.2 Å². The van der Waals surface area contributed by atoms with Crippen LogP contribution >= 0.6 is 0 Å². The molecule has 1 heterocycles. The average molecular weight is 242 g/mol. The van der Waals surface area contributed by atoms with E-state index in [0.29, 0.717) is 0 Å². The number of anilines is 1. The Morgan fingerprint density at radius 2 is 1.94 bits per heavy atom. The number of pyridine rings is 1. The summed E-state index contributed by atoms with van der Waals surface area (Å²) in [7, 11) is 1.69. The van der Waals surface area contributed by atoms with E-state index in [1.165, 1.54) is 5.56 Å². The number of hydrogen-bond donors (Lipinski definition) is 1. The third kappa shape index (κ3) is 3.77. The first-order valence-electron chi connectivity index (χ1n) is 6.16. The molecule has 0 saturated carbocycles. The van der Waals surface area contributed by atoms with Crippen molar-refractivity contribution in [3.05, 3.63) is 54.2 Å². The van der Waals surface area contributed by atoms with Crippen LogP contribution in [-0.4, -0.2) is 18.6 Å². The molecule has 18 heavy (non-hydrogen) atoms. The summed E-state index contributed by atoms with van der Waals surface area (Å²) in [5.41, 5.74) is 1.33. The van der Waals surface area contributed by atoms with Crippen LogP contribution < -0.4 is 10.1 Å². The number of hydrogen-bond acceptors (Lipinski definition) is 3. The van der Waals surface area contributed by atoms with Gasteiger partial charge < -0.3 is 10.1 Å². The number of benzene rings is 1. The van der Waals surface area contributed by atoms with Crippen molar-refractivity contribution in [1.82, 2.24) is 4.98 Å². The lowest BCUT2D eigenvalue weighted by Crippen LogP contribution is -2.04. The van der Waals surface area contributed by atoms with E-state index in [1.807, 2.05) is 30.3 Å². The first-order valence-corrected chi connectivity index (χ1v) is 6.16. The molecule has 0 radical (unpaired) electrons. The van der Waals surface area contributed by atoms with E-state index in [0.717, 1.165) is 31.0 Å². The van der Waals surface area contributed by atoms with Crippen LogP contribution in [0.25, 0.3) is 0 Å². The Kier molecular flexibility index (Phi) is 4.59. The van der Waals surface area contributed by atoms with Crippen LogP contribution in [0.2, 0.25) is 0 Å². The van der Waals surface area contributed by atoms with Gasteiger partial charge in [-0.25, -0.2) is 4.98 Å². The van der Waals surface area contributed by atoms with Gasteiger partial charge in [0.2, 0.25) is 0 Å². The maximum absolute atomic E-state index is 5.13. The molecule has 1 N–H and O–H groups in total. The fourth-order valence-corrected chi connectivity index (χ4v) is 1.77. The highest BCUT2D eigenvalue weighted by molar-refractivity contribution is 5.33. The largest absolute Gasteiger partial charge is 0.497 e. The minimum Gasteiger partial charge on any atom is -0.497 e. The van der Waals surface area contributed by atoms with Crippen molar-refractivity contribution in [2.24, 2.45) is 0 Å². The number of aromatic nitrogens is 1. The molecule has 1 aromatic carbocycles. The second-order valence-corrected chi connectivity index (χ2v) is 4.09. The lowest BCUT2D eigenvalue weighted by molar-refractivity contribution is 0.414. The smallest absolute Gasteiger partial charge is 0.125 e. The van der Waals surface area contributed by atoms with Crippen molar-refractivity contribution >= 4 is 5.82 Å². The Labute approximate surface area is 108 Å². The topological polar surface area (TPSA) is 34.1 Å². The van der Waals surface area contributed by atoms with Crippen molar-refractivity contribution in [1.29, 1.82) is 0 Å². The van der Waals surface area contributed by atoms with Crippen molar-refractivity contribution in [2.75, 3.05) is 19.0 Å². The third-order valence-corrected chi connectivity index (χ3v) is 2.77. The molecule has 0 atom stereocenters. The van der Waals surface area contributed by atoms with Gasteiger partial charge in [-0.15, -0.1) is 0 Å². The second kappa shape index (κ2) is 6.64. The van der Waals surface area contributed by atoms with Crippen LogP contribution in [0.15, 0.2) is 48.7 Å². The minimum atomic E-state index is 0.908. The highest BCUT2D eigenvalue weighted by Gasteiger charge is 1.95. The monoisotopic (exact) mass is 242 g/mol. The van der Waals surface area contributed by atoms with Gasteiger partial charge in [0.25, 0.3) is 0 Å². The average Bonchev–Trinajstić information content (AvgIpc) is 2.45. The Hall–Kier alpha value is -2.03. The summed E-state index contributed by atoms with van der Waals surface area (Å²) in [6.45, 7) is 0.934. The summed E-state index contributed by atoms with van der Waals surface area (Å²) in [4.78, 5) is 4.22. The number of rotatable bonds is 6. The zero-order valence-corrected chi connectivity index (χ0v) is 10.6. The molecular weight excluding hydrogens is 224 g/mol. The number of nitrogens with zero attached hydrogens (tertiary/aromatic N) is 1. The SMILES string of the molecule is COc1ccc(CCCNc2ccccn2)cc1. The standard InChI is InChI=1S/C15H18N2O/c1-18-14-9-7-13(8-10-14)5-4-12-17-15-6-2-3-11-16-15/h2-3,6-11H,4-5,12H2,1H3,(H,16,17). The van der Waals surface area contributed by atoms with Gasteiger partial charge in [0, 0.05) is 12.7 Å². The van der Waals surface area contributed by atoms with Gasteiger partial charge in [-0.2, -0.15) is 0 Å². The molecule has 3 nitrogen and oxygen atoms in total. The van der Waals surface area contributed by atoms with Gasteiger partial charge >= 0.3 is 0 Å². The van der Waals surface area contributed by atoms with E-state index in [4.69, 9.17) is 4.74 Å². The molecule has 0 spiro atoms. The first kappa shape index (κ1) is 12.4. The van der Waals surface area contributed by atoms with Crippen LogP contribution in [0.4, 0.5) is 5.82 Å². The molecular formula is C15H18N2O. The van der Waals surface area contributed by atoms with Crippen LogP contribution in [0.3, 0.4) is 0 Å². The lowest BCUT2D eigenvalue weighted by Gasteiger charge is -2.06. The summed E-state index contributed by atoms with van der Waals surface area (Å²) in [6.07, 6.45) is 3.94. The Bertz CT molecular complexity index is 454. The van der Waals surface area contributed by atoms with Gasteiger partial charge in [0.15, 0.2) is 0 Å². The molecule has 0 aliphatic carbocycles. The van der Waals surface area contributed by atoms with Crippen LogP contribution in [0.1, 0.15) is 12.0 Å². The minimum absolute atomic E-state index is 0.908. The van der Waals surface area contributed by atoms with Gasteiger partial charge in [0.05, 0.1) is 7.11 Å². The quantitative estimate of drug-likeness (QED) is 0.790. The van der Waals surface area contributed by atoms with Crippen LogP contribution in [-0.2, 0) is 6.42 Å². The zero-order valence-electron chi connectivity index (χ0n) is 10.6. The van der Waals surface area contributed by atoms with Gasteiger partial charge in [0.1, 0.15) is 11.6 Å². The van der Waals surface area contributed by atoms with Crippen LogP contribution in [0, 0.1) is 0 Å². The third-order valence-electron chi connectivity index (χ3n) is 2.77. The summed E-state index contributed by atoms with van der Waals surface area (Å²) in [6, 6.07) is 14.1. The van der Waals surface area contributed by atoms with Crippen LogP contribution in [0.5, 0.6) is 5.75 Å². The van der Waals surface area contributed by atoms with E-state index in [2.05, 4.69) is 22.4 Å². The first-order chi connectivity index (χ1) is 8.88. The van der Waals surface area contributed by atoms with E-state index < -0.39 is 0 Å². The van der Waals surface area contributed by atoms with Crippen molar-refractivity contribution < 1.29 is 4.74 Å². The van der Waals surface area contributed by atoms with E-state index in [-0.39, 0.29) is 0 Å². The Morgan fingerprint density at radius 1 is 1.11 bits per heavy atom. The van der Waals surface area contributed by atoms with E-state index >= 15 is 0 Å². The molecule has 2 rings (SSSR count). The van der Waals surface area contributed by atoms with Gasteiger partial charge in [-0.3, -0.25) is 0 Å². The highest BCUT2D eigenvalue weighted by Crippen LogP contribution is 2.12. The summed E-state index contributed by atoms with van der Waals surface area (Å²) < 4.78 is 5.13. The van der Waals surface area contributed by atoms with Crippen molar-refractivity contribution in [2.45, 2.75) is 12.8 Å². The summed E-state index contributed by atoms with van der Waals surface area (Å²) in [5, 5.41) is 3.30. The zero-order chi connectivity index (χ0) is 12.6. The molecule has 0 unspecified atom stereocenters. The lowest BCUT2D eigenvalue weighted by atomic mass is 10.1. The molecule has 0 aliphatic heterocycles. The predicted octanol–water partition coefficient (Wildman–Crippen LogP) is 3.13. The molecule has 0 bridgehead atoms. The Morgan fingerprint density at radius 3 is 2.61 bits per heavy atom. The molecule has 0 amide bonds. The summed E-state index contributed by atoms with van der Waals surface area (Å²) in [5.74, 6) is 1.84.